The Morgan fingerprint density at radius 1 is 1.08 bits per heavy atom. The van der Waals surface area contributed by atoms with E-state index in [4.69, 9.17) is 33.3 Å². The van der Waals surface area contributed by atoms with E-state index in [0.717, 1.165) is 15.6 Å². The monoisotopic (exact) mass is 599 g/mol. The van der Waals surface area contributed by atoms with Crippen molar-refractivity contribution in [3.8, 4) is 0 Å². The van der Waals surface area contributed by atoms with Gasteiger partial charge in [-0.15, -0.1) is 5.10 Å². The lowest BCUT2D eigenvalue weighted by Gasteiger charge is -2.28. The smallest absolute Gasteiger partial charge is 0.255 e. The fourth-order valence-electron chi connectivity index (χ4n) is 3.93. The minimum Gasteiger partial charge on any atom is -0.328 e. The Morgan fingerprint density at radius 2 is 1.78 bits per heavy atom. The number of nitrogens with zero attached hydrogens (tertiary/aromatic N) is 3. The molecule has 10 heteroatoms. The zero-order valence-corrected chi connectivity index (χ0v) is 22.9. The van der Waals surface area contributed by atoms with Gasteiger partial charge in [-0.3, -0.25) is 4.79 Å². The van der Waals surface area contributed by atoms with Crippen LogP contribution in [0.1, 0.15) is 24.1 Å². The number of hydrogen-bond donors (Lipinski definition) is 2. The van der Waals surface area contributed by atoms with Crippen molar-refractivity contribution in [2.75, 3.05) is 10.6 Å². The van der Waals surface area contributed by atoms with Gasteiger partial charge in [0.1, 0.15) is 6.04 Å². The number of rotatable bonds is 6. The van der Waals surface area contributed by atoms with Crippen molar-refractivity contribution in [1.82, 2.24) is 14.8 Å². The maximum absolute atomic E-state index is 13.6. The van der Waals surface area contributed by atoms with Crippen LogP contribution in [0.25, 0.3) is 0 Å². The normalized spacial score (nSPS) is 14.8. The molecule has 0 radical (unpaired) electrons. The van der Waals surface area contributed by atoms with Crippen LogP contribution in [0.4, 0.5) is 11.6 Å². The van der Waals surface area contributed by atoms with Gasteiger partial charge in [-0.25, -0.2) is 4.68 Å². The maximum atomic E-state index is 13.6. The number of amides is 1. The molecule has 0 fully saturated rings. The van der Waals surface area contributed by atoms with Gasteiger partial charge >= 0.3 is 0 Å². The van der Waals surface area contributed by atoms with Crippen molar-refractivity contribution in [1.29, 1.82) is 0 Å². The van der Waals surface area contributed by atoms with Gasteiger partial charge in [0, 0.05) is 31.7 Å². The van der Waals surface area contributed by atoms with Crippen LogP contribution >= 0.6 is 50.9 Å². The number of allylic oxidation sites excluding steroid dienone is 1. The fraction of sp³-hybridized carbons (Fsp3) is 0.115. The topological polar surface area (TPSA) is 71.8 Å². The van der Waals surface area contributed by atoms with Gasteiger partial charge < -0.3 is 10.6 Å². The van der Waals surface area contributed by atoms with E-state index in [1.807, 2.05) is 55.5 Å². The molecule has 182 valence electrons. The molecule has 0 aliphatic carbocycles. The third-order valence-corrected chi connectivity index (χ3v) is 7.53. The number of halogens is 3. The highest BCUT2D eigenvalue weighted by Crippen LogP contribution is 2.37. The maximum Gasteiger partial charge on any atom is 0.255 e. The van der Waals surface area contributed by atoms with Crippen LogP contribution in [-0.2, 0) is 10.5 Å². The van der Waals surface area contributed by atoms with Crippen LogP contribution in [0.15, 0.2) is 93.7 Å². The zero-order chi connectivity index (χ0) is 25.2. The molecule has 0 saturated carbocycles. The minimum atomic E-state index is -0.469. The second-order valence-corrected chi connectivity index (χ2v) is 10.9. The van der Waals surface area contributed by atoms with E-state index in [9.17, 15) is 4.79 Å². The molecule has 0 saturated heterocycles. The van der Waals surface area contributed by atoms with E-state index >= 15 is 0 Å². The summed E-state index contributed by atoms with van der Waals surface area (Å²) in [4.78, 5) is 18.3. The van der Waals surface area contributed by atoms with E-state index in [1.165, 1.54) is 11.8 Å². The Kier molecular flexibility index (Phi) is 7.39. The summed E-state index contributed by atoms with van der Waals surface area (Å²) in [6.07, 6.45) is 0. The molecule has 1 atom stereocenters. The lowest BCUT2D eigenvalue weighted by Crippen LogP contribution is -2.31. The molecular weight excluding hydrogens is 581 g/mol. The highest BCUT2D eigenvalue weighted by molar-refractivity contribution is 9.10. The average Bonchev–Trinajstić information content (AvgIpc) is 3.26. The first-order valence-electron chi connectivity index (χ1n) is 11.0. The van der Waals surface area contributed by atoms with Crippen LogP contribution < -0.4 is 10.6 Å². The third kappa shape index (κ3) is 5.47. The molecule has 1 aromatic heterocycles. The number of fused-ring (bicyclic) bond motifs is 1. The number of benzene rings is 3. The predicted octanol–water partition coefficient (Wildman–Crippen LogP) is 7.57. The van der Waals surface area contributed by atoms with Crippen molar-refractivity contribution in [2.45, 2.75) is 23.9 Å². The first-order chi connectivity index (χ1) is 17.4. The second kappa shape index (κ2) is 10.7. The van der Waals surface area contributed by atoms with Crippen molar-refractivity contribution in [3.63, 3.8) is 0 Å². The Morgan fingerprint density at radius 3 is 2.47 bits per heavy atom. The number of carbonyl (C=O) groups excluding carboxylic acids is 1. The Bertz CT molecular complexity index is 1450. The van der Waals surface area contributed by atoms with E-state index in [0.29, 0.717) is 43.9 Å². The second-order valence-electron chi connectivity index (χ2n) is 8.16. The van der Waals surface area contributed by atoms with Crippen LogP contribution in [0.5, 0.6) is 0 Å². The molecule has 4 aromatic rings. The summed E-state index contributed by atoms with van der Waals surface area (Å²) >= 11 is 17.1. The standard InChI is InChI=1S/C26H20BrCl2N5OS/c1-15-22(24(35)31-21-11-9-20(29)10-12-21)23(17-3-2-4-18(27)13-17)34-25(30-15)32-26(33-34)36-14-16-5-7-19(28)8-6-16/h2-13,23H,14H2,1H3,(H,31,35)(H,30,32,33)/t23-/m1/s1. The summed E-state index contributed by atoms with van der Waals surface area (Å²) in [5, 5.41) is 13.0. The summed E-state index contributed by atoms with van der Waals surface area (Å²) in [5.41, 5.74) is 3.94. The Balaban J connectivity index is 1.48. The van der Waals surface area contributed by atoms with E-state index in [-0.39, 0.29) is 5.91 Å². The number of aromatic nitrogens is 3. The molecule has 2 heterocycles. The summed E-state index contributed by atoms with van der Waals surface area (Å²) in [6, 6.07) is 22.1. The number of anilines is 2. The molecule has 0 unspecified atom stereocenters. The first-order valence-corrected chi connectivity index (χ1v) is 13.5. The summed E-state index contributed by atoms with van der Waals surface area (Å²) in [6.45, 7) is 1.88. The molecule has 3 aromatic carbocycles. The molecule has 2 N–H and O–H groups in total. The van der Waals surface area contributed by atoms with Gasteiger partial charge in [-0.1, -0.05) is 75.2 Å². The molecule has 36 heavy (non-hydrogen) atoms. The molecule has 5 rings (SSSR count). The van der Waals surface area contributed by atoms with Gasteiger partial charge in [0.05, 0.1) is 5.57 Å². The minimum absolute atomic E-state index is 0.233. The van der Waals surface area contributed by atoms with Gasteiger partial charge in [-0.2, -0.15) is 4.98 Å². The first kappa shape index (κ1) is 24.9. The largest absolute Gasteiger partial charge is 0.328 e. The molecule has 1 aliphatic heterocycles. The van der Waals surface area contributed by atoms with Crippen molar-refractivity contribution < 1.29 is 4.79 Å². The van der Waals surface area contributed by atoms with Crippen molar-refractivity contribution in [3.05, 3.63) is 110 Å². The van der Waals surface area contributed by atoms with Crippen molar-refractivity contribution >= 4 is 68.4 Å². The summed E-state index contributed by atoms with van der Waals surface area (Å²) in [5.74, 6) is 1.04. The van der Waals surface area contributed by atoms with Gasteiger partial charge in [0.25, 0.3) is 5.91 Å². The lowest BCUT2D eigenvalue weighted by molar-refractivity contribution is -0.113. The van der Waals surface area contributed by atoms with Crippen LogP contribution in [0, 0.1) is 0 Å². The van der Waals surface area contributed by atoms with Gasteiger partial charge in [0.2, 0.25) is 11.1 Å². The SMILES string of the molecule is CC1=C(C(=O)Nc2ccc(Cl)cc2)[C@@H](c2cccc(Br)c2)n2nc(SCc3ccc(Cl)cc3)nc2N1. The highest BCUT2D eigenvalue weighted by Gasteiger charge is 2.34. The number of hydrogen-bond acceptors (Lipinski definition) is 5. The highest BCUT2D eigenvalue weighted by atomic mass is 79.9. The molecule has 1 aliphatic rings. The predicted molar refractivity (Wildman–Crippen MR) is 150 cm³/mol. The van der Waals surface area contributed by atoms with E-state index in [2.05, 4.69) is 26.6 Å². The molecule has 1 amide bonds. The van der Waals surface area contributed by atoms with Crippen LogP contribution in [0.2, 0.25) is 10.0 Å². The molecule has 6 nitrogen and oxygen atoms in total. The van der Waals surface area contributed by atoms with Gasteiger partial charge in [0.15, 0.2) is 0 Å². The number of thioether (sulfide) groups is 1. The average molecular weight is 601 g/mol. The fourth-order valence-corrected chi connectivity index (χ4v) is 5.39. The van der Waals surface area contributed by atoms with E-state index in [1.54, 1.807) is 28.9 Å². The quantitative estimate of drug-likeness (QED) is 0.223. The summed E-state index contributed by atoms with van der Waals surface area (Å²) < 4.78 is 2.68. The van der Waals surface area contributed by atoms with Crippen molar-refractivity contribution in [2.24, 2.45) is 0 Å². The molecular formula is C26H20BrCl2N5OS. The lowest BCUT2D eigenvalue weighted by atomic mass is 9.95. The molecule has 0 spiro atoms. The van der Waals surface area contributed by atoms with Gasteiger partial charge in [-0.05, 0) is 66.6 Å². The van der Waals surface area contributed by atoms with Crippen LogP contribution in [-0.4, -0.2) is 20.7 Å². The zero-order valence-electron chi connectivity index (χ0n) is 19.0. The Labute approximate surface area is 231 Å². The molecule has 0 bridgehead atoms. The Hall–Kier alpha value is -2.78. The third-order valence-electron chi connectivity index (χ3n) is 5.63. The number of carbonyl (C=O) groups is 1. The van der Waals surface area contributed by atoms with E-state index < -0.39 is 6.04 Å². The van der Waals surface area contributed by atoms with Crippen LogP contribution in [0.3, 0.4) is 0 Å². The number of nitrogens with one attached hydrogen (secondary N) is 2. The summed E-state index contributed by atoms with van der Waals surface area (Å²) in [7, 11) is 0.